The molecule has 3 N–H and O–H groups in total. The van der Waals surface area contributed by atoms with Gasteiger partial charge in [-0.05, 0) is 37.8 Å². The van der Waals surface area contributed by atoms with Crippen LogP contribution in [0.15, 0.2) is 0 Å². The smallest absolute Gasteiger partial charge is 0.234 e. The number of hydrogen-bond acceptors (Lipinski definition) is 3. The predicted octanol–water partition coefficient (Wildman–Crippen LogP) is 1.74. The number of hydrogen-bond donors (Lipinski definition) is 2. The second kappa shape index (κ2) is 7.85. The van der Waals surface area contributed by atoms with Crippen molar-refractivity contribution in [3.63, 3.8) is 0 Å². The molecule has 4 heteroatoms. The van der Waals surface area contributed by atoms with E-state index in [4.69, 9.17) is 5.73 Å². The number of amides is 1. The van der Waals surface area contributed by atoms with E-state index in [2.05, 4.69) is 31.0 Å². The lowest BCUT2D eigenvalue weighted by molar-refractivity contribution is -0.123. The van der Waals surface area contributed by atoms with Crippen molar-refractivity contribution < 1.29 is 4.79 Å². The number of nitrogens with zero attached hydrogens (tertiary/aromatic N) is 1. The van der Waals surface area contributed by atoms with Gasteiger partial charge in [0, 0.05) is 12.6 Å². The normalized spacial score (nSPS) is 17.1. The molecule has 0 aliphatic heterocycles. The first-order valence-electron chi connectivity index (χ1n) is 7.68. The van der Waals surface area contributed by atoms with Crippen molar-refractivity contribution in [2.75, 3.05) is 26.2 Å². The SMILES string of the molecule is CCCN(CC(=O)NC1CCCC1)CC(C)(C)CN. The average Bonchev–Trinajstić information content (AvgIpc) is 2.81. The van der Waals surface area contributed by atoms with Crippen LogP contribution >= 0.6 is 0 Å². The first-order valence-corrected chi connectivity index (χ1v) is 7.68. The van der Waals surface area contributed by atoms with E-state index in [1.54, 1.807) is 0 Å². The van der Waals surface area contributed by atoms with Crippen molar-refractivity contribution in [3.05, 3.63) is 0 Å². The number of carbonyl (C=O) groups excluding carboxylic acids is 1. The largest absolute Gasteiger partial charge is 0.352 e. The lowest BCUT2D eigenvalue weighted by Gasteiger charge is -2.31. The van der Waals surface area contributed by atoms with Crippen LogP contribution in [-0.2, 0) is 4.79 Å². The molecule has 0 aromatic carbocycles. The summed E-state index contributed by atoms with van der Waals surface area (Å²) in [6.45, 7) is 9.47. The van der Waals surface area contributed by atoms with Crippen molar-refractivity contribution in [2.24, 2.45) is 11.1 Å². The molecule has 0 aromatic heterocycles. The molecule has 0 unspecified atom stereocenters. The van der Waals surface area contributed by atoms with Gasteiger partial charge in [0.1, 0.15) is 0 Å². The van der Waals surface area contributed by atoms with Crippen LogP contribution in [0.3, 0.4) is 0 Å². The quantitative estimate of drug-likeness (QED) is 0.706. The highest BCUT2D eigenvalue weighted by Crippen LogP contribution is 2.18. The van der Waals surface area contributed by atoms with Crippen LogP contribution in [0.1, 0.15) is 52.9 Å². The van der Waals surface area contributed by atoms with Gasteiger partial charge in [0.05, 0.1) is 6.54 Å². The molecule has 1 fully saturated rings. The van der Waals surface area contributed by atoms with Gasteiger partial charge < -0.3 is 11.1 Å². The summed E-state index contributed by atoms with van der Waals surface area (Å²) in [5.74, 6) is 0.174. The second-order valence-corrected chi connectivity index (χ2v) is 6.63. The number of nitrogens with two attached hydrogens (primary N) is 1. The topological polar surface area (TPSA) is 58.4 Å². The minimum absolute atomic E-state index is 0.0722. The zero-order valence-electron chi connectivity index (χ0n) is 12.9. The van der Waals surface area contributed by atoms with Crippen LogP contribution in [0.25, 0.3) is 0 Å². The van der Waals surface area contributed by atoms with E-state index in [0.29, 0.717) is 19.1 Å². The van der Waals surface area contributed by atoms with Gasteiger partial charge in [0.2, 0.25) is 5.91 Å². The molecular weight excluding hydrogens is 238 g/mol. The summed E-state index contributed by atoms with van der Waals surface area (Å²) in [6.07, 6.45) is 5.87. The molecule has 0 aromatic rings. The van der Waals surface area contributed by atoms with Crippen molar-refractivity contribution in [3.8, 4) is 0 Å². The molecule has 1 rings (SSSR count). The molecule has 1 aliphatic carbocycles. The maximum Gasteiger partial charge on any atom is 0.234 e. The van der Waals surface area contributed by atoms with E-state index in [1.807, 2.05) is 0 Å². The third-order valence-corrected chi connectivity index (χ3v) is 3.83. The molecule has 0 spiro atoms. The minimum atomic E-state index is 0.0722. The van der Waals surface area contributed by atoms with Crippen LogP contribution in [-0.4, -0.2) is 43.0 Å². The maximum atomic E-state index is 12.1. The highest BCUT2D eigenvalue weighted by molar-refractivity contribution is 5.78. The number of carbonyl (C=O) groups is 1. The van der Waals surface area contributed by atoms with Crippen LogP contribution in [0.4, 0.5) is 0 Å². The molecule has 112 valence electrons. The molecule has 19 heavy (non-hydrogen) atoms. The summed E-state index contributed by atoms with van der Waals surface area (Å²) in [4.78, 5) is 14.3. The van der Waals surface area contributed by atoms with Gasteiger partial charge in [-0.15, -0.1) is 0 Å². The highest BCUT2D eigenvalue weighted by atomic mass is 16.2. The zero-order chi connectivity index (χ0) is 14.3. The Hall–Kier alpha value is -0.610. The molecule has 1 amide bonds. The van der Waals surface area contributed by atoms with Gasteiger partial charge in [-0.2, -0.15) is 0 Å². The van der Waals surface area contributed by atoms with Crippen molar-refractivity contribution >= 4 is 5.91 Å². The third-order valence-electron chi connectivity index (χ3n) is 3.83. The molecular formula is C15H31N3O. The Kier molecular flexibility index (Phi) is 6.80. The van der Waals surface area contributed by atoms with Crippen LogP contribution in [0, 0.1) is 5.41 Å². The number of nitrogens with one attached hydrogen (secondary N) is 1. The molecule has 0 radical (unpaired) electrons. The Labute approximate surface area is 118 Å². The van der Waals surface area contributed by atoms with Gasteiger partial charge in [0.15, 0.2) is 0 Å². The fourth-order valence-corrected chi connectivity index (χ4v) is 2.75. The molecule has 0 heterocycles. The fourth-order valence-electron chi connectivity index (χ4n) is 2.75. The fraction of sp³-hybridized carbons (Fsp3) is 0.933. The van der Waals surface area contributed by atoms with E-state index in [-0.39, 0.29) is 11.3 Å². The molecule has 0 atom stereocenters. The van der Waals surface area contributed by atoms with Gasteiger partial charge in [-0.3, -0.25) is 9.69 Å². The van der Waals surface area contributed by atoms with Gasteiger partial charge in [-0.25, -0.2) is 0 Å². The van der Waals surface area contributed by atoms with Crippen molar-refractivity contribution in [2.45, 2.75) is 58.9 Å². The monoisotopic (exact) mass is 269 g/mol. The lowest BCUT2D eigenvalue weighted by Crippen LogP contribution is -2.45. The summed E-state index contributed by atoms with van der Waals surface area (Å²) in [7, 11) is 0. The van der Waals surface area contributed by atoms with Gasteiger partial charge >= 0.3 is 0 Å². The molecule has 4 nitrogen and oxygen atoms in total. The number of rotatable bonds is 8. The van der Waals surface area contributed by atoms with E-state index in [1.165, 1.54) is 12.8 Å². The Balaban J connectivity index is 2.40. The zero-order valence-corrected chi connectivity index (χ0v) is 12.9. The van der Waals surface area contributed by atoms with E-state index < -0.39 is 0 Å². The Bertz CT molecular complexity index is 273. The maximum absolute atomic E-state index is 12.1. The van der Waals surface area contributed by atoms with Gasteiger partial charge in [-0.1, -0.05) is 33.6 Å². The van der Waals surface area contributed by atoms with Crippen molar-refractivity contribution in [1.82, 2.24) is 10.2 Å². The minimum Gasteiger partial charge on any atom is -0.352 e. The second-order valence-electron chi connectivity index (χ2n) is 6.63. The Morgan fingerprint density at radius 2 is 2.00 bits per heavy atom. The summed E-state index contributed by atoms with van der Waals surface area (Å²) in [5, 5.41) is 3.16. The van der Waals surface area contributed by atoms with E-state index >= 15 is 0 Å². The lowest BCUT2D eigenvalue weighted by atomic mass is 9.93. The standard InChI is InChI=1S/C15H31N3O/c1-4-9-18(12-15(2,3)11-16)10-14(19)17-13-7-5-6-8-13/h13H,4-12,16H2,1-3H3,(H,17,19). The Morgan fingerprint density at radius 3 is 2.53 bits per heavy atom. The first kappa shape index (κ1) is 16.4. The first-order chi connectivity index (χ1) is 8.96. The summed E-state index contributed by atoms with van der Waals surface area (Å²) >= 11 is 0. The Morgan fingerprint density at radius 1 is 1.37 bits per heavy atom. The summed E-state index contributed by atoms with van der Waals surface area (Å²) < 4.78 is 0. The van der Waals surface area contributed by atoms with Crippen LogP contribution in [0.2, 0.25) is 0 Å². The van der Waals surface area contributed by atoms with Gasteiger partial charge in [0.25, 0.3) is 0 Å². The predicted molar refractivity (Wildman–Crippen MR) is 80.0 cm³/mol. The molecule has 0 bridgehead atoms. The highest BCUT2D eigenvalue weighted by Gasteiger charge is 2.23. The molecule has 1 saturated carbocycles. The van der Waals surface area contributed by atoms with Crippen LogP contribution < -0.4 is 11.1 Å². The summed E-state index contributed by atoms with van der Waals surface area (Å²) in [6, 6.07) is 0.415. The molecule has 0 saturated heterocycles. The summed E-state index contributed by atoms with van der Waals surface area (Å²) in [5.41, 5.74) is 5.86. The van der Waals surface area contributed by atoms with Crippen molar-refractivity contribution in [1.29, 1.82) is 0 Å². The third kappa shape index (κ3) is 6.39. The average molecular weight is 269 g/mol. The van der Waals surface area contributed by atoms with Crippen LogP contribution in [0.5, 0.6) is 0 Å². The van der Waals surface area contributed by atoms with E-state index in [9.17, 15) is 4.79 Å². The van der Waals surface area contributed by atoms with E-state index in [0.717, 1.165) is 32.4 Å². The molecule has 1 aliphatic rings.